The minimum atomic E-state index is -4.75. The van der Waals surface area contributed by atoms with Gasteiger partial charge in [-0.2, -0.15) is 0 Å². The topological polar surface area (TPSA) is 64.6 Å². The molecule has 1 spiro atoms. The average Bonchev–Trinajstić information content (AvgIpc) is 3.25. The summed E-state index contributed by atoms with van der Waals surface area (Å²) in [6.45, 7) is 1.26. The molecule has 31 heavy (non-hydrogen) atoms. The van der Waals surface area contributed by atoms with Gasteiger partial charge < -0.3 is 14.8 Å². The van der Waals surface area contributed by atoms with Crippen LogP contribution in [-0.4, -0.2) is 36.0 Å². The van der Waals surface area contributed by atoms with E-state index in [1.54, 1.807) is 12.1 Å². The summed E-state index contributed by atoms with van der Waals surface area (Å²) in [5.41, 5.74) is 0.744. The lowest BCUT2D eigenvalue weighted by molar-refractivity contribution is -0.274. The standard InChI is InChI=1S/C22H18F3NO4S/c23-22(24,25)29-13-4-6-14(7-5-13)31-21(8-9-21)18(27)15-2-1-3-16-17(15)19(28)30-20(16)10-11-26-12-20/h1-7,26H,8-12H2. The second-order valence-corrected chi connectivity index (χ2v) is 9.44. The first-order valence-corrected chi connectivity index (χ1v) is 10.7. The zero-order chi connectivity index (χ0) is 21.9. The van der Waals surface area contributed by atoms with E-state index in [9.17, 15) is 22.8 Å². The van der Waals surface area contributed by atoms with Gasteiger partial charge in [-0.15, -0.1) is 24.9 Å². The first kappa shape index (κ1) is 20.4. The van der Waals surface area contributed by atoms with Crippen LogP contribution in [0, 0.1) is 0 Å². The lowest BCUT2D eigenvalue weighted by atomic mass is 9.88. The van der Waals surface area contributed by atoms with Gasteiger partial charge in [-0.3, -0.25) is 4.79 Å². The number of halogens is 3. The van der Waals surface area contributed by atoms with Crippen LogP contribution in [-0.2, 0) is 10.3 Å². The van der Waals surface area contributed by atoms with E-state index in [-0.39, 0.29) is 11.5 Å². The molecule has 0 bridgehead atoms. The number of benzene rings is 2. The summed E-state index contributed by atoms with van der Waals surface area (Å²) in [6.07, 6.45) is -2.84. The van der Waals surface area contributed by atoms with E-state index in [1.165, 1.54) is 36.0 Å². The summed E-state index contributed by atoms with van der Waals surface area (Å²) in [4.78, 5) is 26.8. The van der Waals surface area contributed by atoms with E-state index in [0.29, 0.717) is 41.8 Å². The fourth-order valence-corrected chi connectivity index (χ4v) is 5.51. The Hall–Kier alpha value is -2.52. The number of ether oxygens (including phenoxy) is 2. The van der Waals surface area contributed by atoms with Crippen LogP contribution in [0.5, 0.6) is 5.75 Å². The quantitative estimate of drug-likeness (QED) is 0.538. The van der Waals surface area contributed by atoms with Gasteiger partial charge in [-0.25, -0.2) is 4.79 Å². The molecule has 9 heteroatoms. The molecule has 5 nitrogen and oxygen atoms in total. The number of thioether (sulfide) groups is 1. The van der Waals surface area contributed by atoms with Crippen molar-refractivity contribution in [3.63, 3.8) is 0 Å². The van der Waals surface area contributed by atoms with Crippen LogP contribution < -0.4 is 10.1 Å². The molecule has 0 radical (unpaired) electrons. The molecular formula is C22H18F3NO4S. The van der Waals surface area contributed by atoms with Crippen LogP contribution in [0.1, 0.15) is 45.5 Å². The van der Waals surface area contributed by atoms with Gasteiger partial charge in [-0.1, -0.05) is 18.2 Å². The normalized spacial score (nSPS) is 23.5. The van der Waals surface area contributed by atoms with Crippen molar-refractivity contribution in [2.75, 3.05) is 13.1 Å². The fourth-order valence-electron chi connectivity index (χ4n) is 4.28. The number of hydrogen-bond donors (Lipinski definition) is 1. The minimum Gasteiger partial charge on any atom is -0.449 e. The summed E-state index contributed by atoms with van der Waals surface area (Å²) in [7, 11) is 0. The molecule has 2 fully saturated rings. The Morgan fingerprint density at radius 3 is 2.45 bits per heavy atom. The first-order chi connectivity index (χ1) is 14.7. The molecular weight excluding hydrogens is 431 g/mol. The number of ketones is 1. The summed E-state index contributed by atoms with van der Waals surface area (Å²) in [5.74, 6) is -0.936. The summed E-state index contributed by atoms with van der Waals surface area (Å²) in [6, 6.07) is 10.7. The number of esters is 1. The van der Waals surface area contributed by atoms with Gasteiger partial charge in [0.05, 0.1) is 10.3 Å². The zero-order valence-electron chi connectivity index (χ0n) is 16.3. The minimum absolute atomic E-state index is 0.148. The third-order valence-electron chi connectivity index (χ3n) is 5.90. The number of nitrogens with one attached hydrogen (secondary N) is 1. The number of hydrogen-bond acceptors (Lipinski definition) is 6. The van der Waals surface area contributed by atoms with Crippen molar-refractivity contribution in [1.29, 1.82) is 0 Å². The Balaban J connectivity index is 1.40. The van der Waals surface area contributed by atoms with E-state index >= 15 is 0 Å². The maximum atomic E-state index is 13.5. The molecule has 2 aliphatic heterocycles. The number of alkyl halides is 3. The van der Waals surface area contributed by atoms with Gasteiger partial charge in [-0.05, 0) is 43.7 Å². The number of carbonyl (C=O) groups excluding carboxylic acids is 2. The molecule has 1 unspecified atom stereocenters. The van der Waals surface area contributed by atoms with E-state index in [2.05, 4.69) is 10.1 Å². The molecule has 5 rings (SSSR count). The van der Waals surface area contributed by atoms with Crippen molar-refractivity contribution >= 4 is 23.5 Å². The fraction of sp³-hybridized carbons (Fsp3) is 0.364. The van der Waals surface area contributed by atoms with Crippen LogP contribution >= 0.6 is 11.8 Å². The monoisotopic (exact) mass is 449 g/mol. The van der Waals surface area contributed by atoms with Crippen molar-refractivity contribution in [3.05, 3.63) is 59.2 Å². The van der Waals surface area contributed by atoms with Crippen molar-refractivity contribution < 1.29 is 32.2 Å². The van der Waals surface area contributed by atoms with Crippen molar-refractivity contribution in [2.24, 2.45) is 0 Å². The number of rotatable bonds is 5. The highest BCUT2D eigenvalue weighted by atomic mass is 32.2. The van der Waals surface area contributed by atoms with Crippen LogP contribution in [0.2, 0.25) is 0 Å². The van der Waals surface area contributed by atoms with Crippen LogP contribution in [0.3, 0.4) is 0 Å². The number of carbonyl (C=O) groups is 2. The molecule has 1 aliphatic carbocycles. The van der Waals surface area contributed by atoms with E-state index in [0.717, 1.165) is 12.1 Å². The van der Waals surface area contributed by atoms with Crippen LogP contribution in [0.15, 0.2) is 47.4 Å². The Kier molecular flexibility index (Phi) is 4.60. The molecule has 1 atom stereocenters. The molecule has 0 aromatic heterocycles. The lowest BCUT2D eigenvalue weighted by Gasteiger charge is -2.22. The Morgan fingerprint density at radius 2 is 1.84 bits per heavy atom. The van der Waals surface area contributed by atoms with E-state index in [1.807, 2.05) is 6.07 Å². The Morgan fingerprint density at radius 1 is 1.10 bits per heavy atom. The van der Waals surface area contributed by atoms with E-state index in [4.69, 9.17) is 4.74 Å². The average molecular weight is 449 g/mol. The zero-order valence-corrected chi connectivity index (χ0v) is 17.1. The predicted octanol–water partition coefficient (Wildman–Crippen LogP) is 4.45. The molecule has 1 saturated carbocycles. The van der Waals surface area contributed by atoms with Gasteiger partial charge >= 0.3 is 12.3 Å². The second-order valence-electron chi connectivity index (χ2n) is 7.98. The Labute approximate surface area is 180 Å². The van der Waals surface area contributed by atoms with Crippen LogP contribution in [0.4, 0.5) is 13.2 Å². The molecule has 2 aromatic rings. The smallest absolute Gasteiger partial charge is 0.449 e. The molecule has 0 amide bonds. The van der Waals surface area contributed by atoms with E-state index < -0.39 is 22.7 Å². The highest BCUT2D eigenvalue weighted by molar-refractivity contribution is 8.01. The number of Topliss-reactive ketones (excluding diaryl/α,β-unsaturated/α-hetero) is 1. The molecule has 3 aliphatic rings. The van der Waals surface area contributed by atoms with Gasteiger partial charge in [0.1, 0.15) is 5.75 Å². The maximum Gasteiger partial charge on any atom is 0.573 e. The van der Waals surface area contributed by atoms with Gasteiger partial charge in [0, 0.05) is 29.0 Å². The third kappa shape index (κ3) is 3.59. The largest absolute Gasteiger partial charge is 0.573 e. The van der Waals surface area contributed by atoms with Crippen molar-refractivity contribution in [2.45, 2.75) is 40.9 Å². The number of fused-ring (bicyclic) bond motifs is 2. The summed E-state index contributed by atoms with van der Waals surface area (Å²) < 4.78 is 45.9. The lowest BCUT2D eigenvalue weighted by Crippen LogP contribution is -2.28. The molecule has 2 aromatic carbocycles. The molecule has 2 heterocycles. The second kappa shape index (κ2) is 7.00. The first-order valence-electron chi connectivity index (χ1n) is 9.89. The highest BCUT2D eigenvalue weighted by Gasteiger charge is 2.54. The third-order valence-corrected chi connectivity index (χ3v) is 7.39. The predicted molar refractivity (Wildman–Crippen MR) is 106 cm³/mol. The molecule has 1 N–H and O–H groups in total. The van der Waals surface area contributed by atoms with Crippen molar-refractivity contribution in [3.8, 4) is 5.75 Å². The Bertz CT molecular complexity index is 1060. The highest BCUT2D eigenvalue weighted by Crippen LogP contribution is 2.55. The summed E-state index contributed by atoms with van der Waals surface area (Å²) in [5, 5.41) is 3.21. The van der Waals surface area contributed by atoms with Crippen molar-refractivity contribution in [1.82, 2.24) is 5.32 Å². The van der Waals surface area contributed by atoms with Gasteiger partial charge in [0.15, 0.2) is 11.4 Å². The summed E-state index contributed by atoms with van der Waals surface area (Å²) >= 11 is 1.31. The SMILES string of the molecule is O=C1OC2(CCNC2)c2cccc(C(=O)C3(Sc4ccc(OC(F)(F)F)cc4)CC3)c21. The van der Waals surface area contributed by atoms with Gasteiger partial charge in [0.2, 0.25) is 0 Å². The maximum absolute atomic E-state index is 13.5. The van der Waals surface area contributed by atoms with Crippen LogP contribution in [0.25, 0.3) is 0 Å². The van der Waals surface area contributed by atoms with Gasteiger partial charge in [0.25, 0.3) is 0 Å². The molecule has 1 saturated heterocycles. The molecule has 162 valence electrons.